The van der Waals surface area contributed by atoms with Gasteiger partial charge in [-0.25, -0.2) is 5.43 Å². The first-order valence-electron chi connectivity index (χ1n) is 9.19. The fourth-order valence-corrected chi connectivity index (χ4v) is 2.79. The fourth-order valence-electron chi connectivity index (χ4n) is 2.79. The van der Waals surface area contributed by atoms with Gasteiger partial charge >= 0.3 is 0 Å². The summed E-state index contributed by atoms with van der Waals surface area (Å²) in [6.45, 7) is 3.59. The van der Waals surface area contributed by atoms with E-state index in [0.29, 0.717) is 17.0 Å². The molecule has 0 aliphatic rings. The van der Waals surface area contributed by atoms with Gasteiger partial charge in [0.15, 0.2) is 0 Å². The summed E-state index contributed by atoms with van der Waals surface area (Å²) < 4.78 is 0. The molecule has 0 bridgehead atoms. The van der Waals surface area contributed by atoms with Gasteiger partial charge in [0, 0.05) is 11.3 Å². The Morgan fingerprint density at radius 1 is 0.867 bits per heavy atom. The molecule has 0 radical (unpaired) electrons. The van der Waals surface area contributed by atoms with Crippen molar-refractivity contribution in [1.29, 1.82) is 0 Å². The number of anilines is 1. The van der Waals surface area contributed by atoms with E-state index in [4.69, 9.17) is 0 Å². The summed E-state index contributed by atoms with van der Waals surface area (Å²) in [7, 11) is 0. The molecular weight excluding hydrogens is 382 g/mol. The van der Waals surface area contributed by atoms with Crippen molar-refractivity contribution in [2.45, 2.75) is 13.8 Å². The molecule has 7 heteroatoms. The number of benzene rings is 3. The topological polar surface area (TPSA) is 111 Å². The molecule has 30 heavy (non-hydrogen) atoms. The zero-order chi connectivity index (χ0) is 21.7. The molecule has 0 fully saturated rings. The molecule has 3 rings (SSSR count). The molecule has 3 aromatic carbocycles. The number of amides is 2. The van der Waals surface area contributed by atoms with Gasteiger partial charge in [0.05, 0.1) is 11.3 Å². The molecule has 0 aliphatic heterocycles. The summed E-state index contributed by atoms with van der Waals surface area (Å²) in [5, 5.41) is 26.1. The molecule has 152 valence electrons. The number of nitrogens with one attached hydrogen (secondary N) is 2. The first-order chi connectivity index (χ1) is 14.3. The summed E-state index contributed by atoms with van der Waals surface area (Å²) >= 11 is 0. The van der Waals surface area contributed by atoms with E-state index in [9.17, 15) is 19.8 Å². The predicted molar refractivity (Wildman–Crippen MR) is 115 cm³/mol. The number of nitrogens with zero attached hydrogens (tertiary/aromatic N) is 1. The lowest BCUT2D eigenvalue weighted by molar-refractivity contribution is 0.0951. The summed E-state index contributed by atoms with van der Waals surface area (Å²) in [6, 6.07) is 18.0. The first kappa shape index (κ1) is 20.6. The van der Waals surface area contributed by atoms with Gasteiger partial charge in [-0.1, -0.05) is 30.3 Å². The zero-order valence-electron chi connectivity index (χ0n) is 16.5. The molecule has 0 saturated carbocycles. The number of carbonyl (C=O) groups excluding carboxylic acids is 2. The van der Waals surface area contributed by atoms with Crippen molar-refractivity contribution in [1.82, 2.24) is 5.43 Å². The van der Waals surface area contributed by atoms with Crippen LogP contribution in [0.2, 0.25) is 0 Å². The van der Waals surface area contributed by atoms with Gasteiger partial charge in [0.25, 0.3) is 11.8 Å². The summed E-state index contributed by atoms with van der Waals surface area (Å²) in [4.78, 5) is 24.6. The van der Waals surface area contributed by atoms with Crippen LogP contribution < -0.4 is 10.7 Å². The Morgan fingerprint density at radius 2 is 1.57 bits per heavy atom. The number of phenols is 2. The molecule has 0 heterocycles. The van der Waals surface area contributed by atoms with Gasteiger partial charge in [-0.3, -0.25) is 9.59 Å². The number of carbonyl (C=O) groups is 2. The highest BCUT2D eigenvalue weighted by molar-refractivity contribution is 6.06. The van der Waals surface area contributed by atoms with Gasteiger partial charge in [-0.05, 0) is 61.4 Å². The lowest BCUT2D eigenvalue weighted by atomic mass is 10.1. The van der Waals surface area contributed by atoms with Crippen LogP contribution in [0.15, 0.2) is 71.8 Å². The van der Waals surface area contributed by atoms with E-state index in [-0.39, 0.29) is 23.0 Å². The molecule has 4 N–H and O–H groups in total. The van der Waals surface area contributed by atoms with E-state index in [1.807, 2.05) is 25.1 Å². The van der Waals surface area contributed by atoms with E-state index in [2.05, 4.69) is 15.8 Å². The van der Waals surface area contributed by atoms with Crippen molar-refractivity contribution < 1.29 is 19.8 Å². The molecule has 0 atom stereocenters. The smallest absolute Gasteiger partial charge is 0.275 e. The van der Waals surface area contributed by atoms with E-state index in [0.717, 1.165) is 17.2 Å². The molecule has 0 aromatic heterocycles. The van der Waals surface area contributed by atoms with E-state index < -0.39 is 5.91 Å². The fraction of sp³-hybridized carbons (Fsp3) is 0.0870. The predicted octanol–water partition coefficient (Wildman–Crippen LogP) is 3.81. The van der Waals surface area contributed by atoms with Crippen LogP contribution >= 0.6 is 0 Å². The molecule has 0 aliphatic carbocycles. The maximum absolute atomic E-state index is 12.4. The minimum absolute atomic E-state index is 0.0826. The van der Waals surface area contributed by atoms with Crippen molar-refractivity contribution in [2.75, 3.05) is 5.32 Å². The Balaban J connectivity index is 1.66. The Hall–Kier alpha value is -4.13. The second-order valence-electron chi connectivity index (χ2n) is 6.69. The first-order valence-corrected chi connectivity index (χ1v) is 9.19. The lowest BCUT2D eigenvalue weighted by Gasteiger charge is -2.09. The number of aryl methyl sites for hydroxylation is 1. The minimum Gasteiger partial charge on any atom is -0.508 e. The third-order valence-electron chi connectivity index (χ3n) is 4.50. The quantitative estimate of drug-likeness (QED) is 0.295. The largest absolute Gasteiger partial charge is 0.508 e. The van der Waals surface area contributed by atoms with Crippen molar-refractivity contribution in [3.63, 3.8) is 0 Å². The maximum atomic E-state index is 12.4. The average Bonchev–Trinajstić information content (AvgIpc) is 2.74. The normalized spacial score (nSPS) is 11.1. The minimum atomic E-state index is -0.648. The van der Waals surface area contributed by atoms with Crippen LogP contribution in [0, 0.1) is 6.92 Å². The summed E-state index contributed by atoms with van der Waals surface area (Å²) in [5.74, 6) is -1.23. The van der Waals surface area contributed by atoms with Gasteiger partial charge in [0.1, 0.15) is 11.5 Å². The van der Waals surface area contributed by atoms with Gasteiger partial charge in [-0.15, -0.1) is 0 Å². The van der Waals surface area contributed by atoms with Crippen LogP contribution in [0.1, 0.15) is 38.8 Å². The van der Waals surface area contributed by atoms with Crippen molar-refractivity contribution >= 4 is 23.2 Å². The SMILES string of the molecule is C/C(=N\NC(=O)c1cc(O)ccc1O)c1ccc(NC(=O)c2ccccc2C)cc1. The maximum Gasteiger partial charge on any atom is 0.275 e. The third-order valence-corrected chi connectivity index (χ3v) is 4.50. The van der Waals surface area contributed by atoms with Gasteiger partial charge in [-0.2, -0.15) is 5.10 Å². The Labute approximate surface area is 173 Å². The van der Waals surface area contributed by atoms with Gasteiger partial charge < -0.3 is 15.5 Å². The Bertz CT molecular complexity index is 1120. The van der Waals surface area contributed by atoms with E-state index >= 15 is 0 Å². The molecule has 7 nitrogen and oxygen atoms in total. The van der Waals surface area contributed by atoms with Crippen molar-refractivity contribution in [2.24, 2.45) is 5.10 Å². The van der Waals surface area contributed by atoms with E-state index in [1.54, 1.807) is 37.3 Å². The average molecular weight is 403 g/mol. The number of rotatable bonds is 5. The van der Waals surface area contributed by atoms with Crippen LogP contribution in [0.3, 0.4) is 0 Å². The Morgan fingerprint density at radius 3 is 2.27 bits per heavy atom. The number of phenolic OH excluding ortho intramolecular Hbond substituents is 2. The molecular formula is C23H21N3O4. The number of hydrogen-bond acceptors (Lipinski definition) is 5. The highest BCUT2D eigenvalue weighted by Crippen LogP contribution is 2.21. The number of hydrogen-bond donors (Lipinski definition) is 4. The molecule has 0 saturated heterocycles. The lowest BCUT2D eigenvalue weighted by Crippen LogP contribution is -2.19. The monoisotopic (exact) mass is 403 g/mol. The number of hydrazone groups is 1. The molecule has 0 unspecified atom stereocenters. The second kappa shape index (κ2) is 8.91. The zero-order valence-corrected chi connectivity index (χ0v) is 16.5. The van der Waals surface area contributed by atoms with Gasteiger partial charge in [0.2, 0.25) is 0 Å². The number of aromatic hydroxyl groups is 2. The second-order valence-corrected chi connectivity index (χ2v) is 6.69. The van der Waals surface area contributed by atoms with Crippen LogP contribution in [0.5, 0.6) is 11.5 Å². The standard InChI is InChI=1S/C23H21N3O4/c1-14-5-3-4-6-19(14)22(29)24-17-9-7-16(8-10-17)15(2)25-26-23(30)20-13-18(27)11-12-21(20)28/h3-13,27-28H,1-2H3,(H,24,29)(H,26,30)/b25-15+. The summed E-state index contributed by atoms with van der Waals surface area (Å²) in [5.41, 5.74) is 5.67. The molecule has 2 amide bonds. The van der Waals surface area contributed by atoms with Crippen molar-refractivity contribution in [3.8, 4) is 11.5 Å². The van der Waals surface area contributed by atoms with Crippen molar-refractivity contribution in [3.05, 3.63) is 89.0 Å². The highest BCUT2D eigenvalue weighted by Gasteiger charge is 2.12. The third kappa shape index (κ3) is 4.82. The van der Waals surface area contributed by atoms with Crippen LogP contribution in [-0.2, 0) is 0 Å². The van der Waals surface area contributed by atoms with E-state index in [1.165, 1.54) is 12.1 Å². The highest BCUT2D eigenvalue weighted by atomic mass is 16.3. The Kier molecular flexibility index (Phi) is 6.12. The van der Waals surface area contributed by atoms with Crippen LogP contribution in [0.4, 0.5) is 5.69 Å². The molecule has 3 aromatic rings. The van der Waals surface area contributed by atoms with Crippen LogP contribution in [0.25, 0.3) is 0 Å². The van der Waals surface area contributed by atoms with Crippen LogP contribution in [-0.4, -0.2) is 27.7 Å². The molecule has 0 spiro atoms. The summed E-state index contributed by atoms with van der Waals surface area (Å²) in [6.07, 6.45) is 0.